The molecule has 3 nitrogen and oxygen atoms in total. The SMILES string of the molecule is COc1ccc(C)cc1NC(=O)CS[C@H](c1ccccc1)c1ccc(Cl)cc1. The number of methoxy groups -OCH3 is 1. The Bertz CT molecular complexity index is 929. The summed E-state index contributed by atoms with van der Waals surface area (Å²) in [6, 6.07) is 23.7. The third-order valence-electron chi connectivity index (χ3n) is 4.29. The van der Waals surface area contributed by atoms with Gasteiger partial charge >= 0.3 is 0 Å². The van der Waals surface area contributed by atoms with Crippen LogP contribution in [0.15, 0.2) is 72.8 Å². The number of carbonyl (C=O) groups excluding carboxylic acids is 1. The molecule has 0 radical (unpaired) electrons. The highest BCUT2D eigenvalue weighted by molar-refractivity contribution is 8.00. The third-order valence-corrected chi connectivity index (χ3v) is 5.84. The van der Waals surface area contributed by atoms with E-state index in [2.05, 4.69) is 17.4 Å². The number of aryl methyl sites for hydroxylation is 1. The van der Waals surface area contributed by atoms with Gasteiger partial charge in [0.1, 0.15) is 5.75 Å². The van der Waals surface area contributed by atoms with Crippen LogP contribution in [-0.4, -0.2) is 18.8 Å². The molecular formula is C23H22ClNO2S. The molecule has 1 amide bonds. The first kappa shape index (κ1) is 20.3. The summed E-state index contributed by atoms with van der Waals surface area (Å²) < 4.78 is 5.34. The van der Waals surface area contributed by atoms with Gasteiger partial charge in [0.05, 0.1) is 23.8 Å². The van der Waals surface area contributed by atoms with E-state index in [1.54, 1.807) is 18.9 Å². The number of hydrogen-bond donors (Lipinski definition) is 1. The van der Waals surface area contributed by atoms with Crippen LogP contribution < -0.4 is 10.1 Å². The lowest BCUT2D eigenvalue weighted by Crippen LogP contribution is -2.16. The zero-order valence-electron chi connectivity index (χ0n) is 15.8. The van der Waals surface area contributed by atoms with Gasteiger partial charge < -0.3 is 10.1 Å². The Morgan fingerprint density at radius 1 is 1.04 bits per heavy atom. The summed E-state index contributed by atoms with van der Waals surface area (Å²) in [5, 5.41) is 3.71. The minimum absolute atomic E-state index is 0.0450. The number of halogens is 1. The van der Waals surface area contributed by atoms with Crippen LogP contribution in [0.4, 0.5) is 5.69 Å². The van der Waals surface area contributed by atoms with Crippen molar-refractivity contribution in [3.05, 3.63) is 94.5 Å². The number of carbonyl (C=O) groups is 1. The second kappa shape index (κ2) is 9.67. The molecule has 0 saturated carbocycles. The van der Waals surface area contributed by atoms with Gasteiger partial charge in [0, 0.05) is 5.02 Å². The van der Waals surface area contributed by atoms with Crippen molar-refractivity contribution in [3.63, 3.8) is 0 Å². The monoisotopic (exact) mass is 411 g/mol. The van der Waals surface area contributed by atoms with E-state index in [0.29, 0.717) is 22.2 Å². The number of anilines is 1. The van der Waals surface area contributed by atoms with Gasteiger partial charge in [-0.05, 0) is 47.9 Å². The molecule has 0 heterocycles. The van der Waals surface area contributed by atoms with Crippen LogP contribution >= 0.6 is 23.4 Å². The predicted molar refractivity (Wildman–Crippen MR) is 119 cm³/mol. The van der Waals surface area contributed by atoms with Gasteiger partial charge in [0.15, 0.2) is 0 Å². The van der Waals surface area contributed by atoms with Gasteiger partial charge in [-0.1, -0.05) is 60.1 Å². The van der Waals surface area contributed by atoms with Crippen molar-refractivity contribution >= 4 is 35.0 Å². The molecule has 0 spiro atoms. The predicted octanol–water partition coefficient (Wildman–Crippen LogP) is 6.12. The molecule has 0 aliphatic rings. The summed E-state index contributed by atoms with van der Waals surface area (Å²) in [5.74, 6) is 0.907. The number of benzene rings is 3. The molecule has 3 rings (SSSR count). The number of nitrogens with one attached hydrogen (secondary N) is 1. The number of hydrogen-bond acceptors (Lipinski definition) is 3. The average Bonchev–Trinajstić information content (AvgIpc) is 2.70. The molecule has 3 aromatic carbocycles. The lowest BCUT2D eigenvalue weighted by Gasteiger charge is -2.18. The van der Waals surface area contributed by atoms with Crippen LogP contribution in [0, 0.1) is 6.92 Å². The molecule has 28 heavy (non-hydrogen) atoms. The standard InChI is InChI=1S/C23H22ClNO2S/c1-16-8-13-21(27-2)20(14-16)25-22(26)15-28-23(17-6-4-3-5-7-17)18-9-11-19(24)12-10-18/h3-14,23H,15H2,1-2H3,(H,25,26)/t23-/m1/s1. The van der Waals surface area contributed by atoms with Crippen LogP contribution in [0.2, 0.25) is 5.02 Å². The minimum Gasteiger partial charge on any atom is -0.495 e. The fourth-order valence-electron chi connectivity index (χ4n) is 2.92. The Morgan fingerprint density at radius 2 is 1.71 bits per heavy atom. The van der Waals surface area contributed by atoms with Crippen LogP contribution in [-0.2, 0) is 4.79 Å². The molecule has 5 heteroatoms. The first-order valence-electron chi connectivity index (χ1n) is 8.93. The van der Waals surface area contributed by atoms with Crippen molar-refractivity contribution in [2.24, 2.45) is 0 Å². The van der Waals surface area contributed by atoms with E-state index in [9.17, 15) is 4.79 Å². The Hall–Kier alpha value is -2.43. The summed E-state index contributed by atoms with van der Waals surface area (Å²) in [6.07, 6.45) is 0. The fraction of sp³-hybridized carbons (Fsp3) is 0.174. The maximum absolute atomic E-state index is 12.6. The average molecular weight is 412 g/mol. The smallest absolute Gasteiger partial charge is 0.234 e. The third kappa shape index (κ3) is 5.31. The van der Waals surface area contributed by atoms with Crippen molar-refractivity contribution in [2.75, 3.05) is 18.2 Å². The largest absolute Gasteiger partial charge is 0.495 e. The minimum atomic E-state index is -0.0659. The number of rotatable bonds is 7. The normalized spacial score (nSPS) is 11.7. The van der Waals surface area contributed by atoms with Crippen molar-refractivity contribution < 1.29 is 9.53 Å². The quantitative estimate of drug-likeness (QED) is 0.509. The highest BCUT2D eigenvalue weighted by Crippen LogP contribution is 2.36. The van der Waals surface area contributed by atoms with E-state index >= 15 is 0 Å². The van der Waals surface area contributed by atoms with Gasteiger partial charge in [-0.25, -0.2) is 0 Å². The number of ether oxygens (including phenoxy) is 1. The first-order chi connectivity index (χ1) is 13.6. The van der Waals surface area contributed by atoms with Crippen molar-refractivity contribution in [3.8, 4) is 5.75 Å². The Labute approximate surface area is 175 Å². The molecule has 144 valence electrons. The van der Waals surface area contributed by atoms with Gasteiger partial charge in [-0.3, -0.25) is 4.79 Å². The number of amides is 1. The van der Waals surface area contributed by atoms with Crippen molar-refractivity contribution in [2.45, 2.75) is 12.2 Å². The summed E-state index contributed by atoms with van der Waals surface area (Å²) in [5.41, 5.74) is 4.01. The molecule has 0 aliphatic carbocycles. The first-order valence-corrected chi connectivity index (χ1v) is 10.4. The molecule has 0 saturated heterocycles. The molecule has 3 aromatic rings. The van der Waals surface area contributed by atoms with Crippen molar-refractivity contribution in [1.29, 1.82) is 0 Å². The van der Waals surface area contributed by atoms with Gasteiger partial charge in [0.25, 0.3) is 0 Å². The van der Waals surface area contributed by atoms with Crippen LogP contribution in [0.25, 0.3) is 0 Å². The van der Waals surface area contributed by atoms with Crippen molar-refractivity contribution in [1.82, 2.24) is 0 Å². The molecule has 0 fully saturated rings. The summed E-state index contributed by atoms with van der Waals surface area (Å²) in [6.45, 7) is 1.98. The fourth-order valence-corrected chi connectivity index (χ4v) is 4.13. The van der Waals surface area contributed by atoms with Gasteiger partial charge in [-0.2, -0.15) is 0 Å². The summed E-state index contributed by atoms with van der Waals surface area (Å²) in [7, 11) is 1.60. The lowest BCUT2D eigenvalue weighted by molar-refractivity contribution is -0.113. The zero-order chi connectivity index (χ0) is 19.9. The Kier molecular flexibility index (Phi) is 7.01. The summed E-state index contributed by atoms with van der Waals surface area (Å²) >= 11 is 7.62. The van der Waals surface area contributed by atoms with E-state index in [1.807, 2.05) is 67.6 Å². The molecule has 1 N–H and O–H groups in total. The summed E-state index contributed by atoms with van der Waals surface area (Å²) in [4.78, 5) is 12.6. The molecule has 0 unspecified atom stereocenters. The van der Waals surface area contributed by atoms with Gasteiger partial charge in [-0.15, -0.1) is 11.8 Å². The van der Waals surface area contributed by atoms with Crippen LogP contribution in [0.1, 0.15) is 21.9 Å². The number of thioether (sulfide) groups is 1. The van der Waals surface area contributed by atoms with Gasteiger partial charge in [0.2, 0.25) is 5.91 Å². The molecule has 0 aromatic heterocycles. The van der Waals surface area contributed by atoms with E-state index in [1.165, 1.54) is 0 Å². The highest BCUT2D eigenvalue weighted by Gasteiger charge is 2.17. The Balaban J connectivity index is 1.74. The lowest BCUT2D eigenvalue weighted by atomic mass is 10.0. The maximum Gasteiger partial charge on any atom is 0.234 e. The van der Waals surface area contributed by atoms with E-state index < -0.39 is 0 Å². The molecular weight excluding hydrogens is 390 g/mol. The second-order valence-corrected chi connectivity index (χ2v) is 7.94. The van der Waals surface area contributed by atoms with E-state index in [0.717, 1.165) is 16.7 Å². The van der Waals surface area contributed by atoms with E-state index in [4.69, 9.17) is 16.3 Å². The zero-order valence-corrected chi connectivity index (χ0v) is 17.4. The van der Waals surface area contributed by atoms with E-state index in [-0.39, 0.29) is 11.2 Å². The Morgan fingerprint density at radius 3 is 2.39 bits per heavy atom. The topological polar surface area (TPSA) is 38.3 Å². The van der Waals surface area contributed by atoms with Crippen LogP contribution in [0.3, 0.4) is 0 Å². The molecule has 0 aliphatic heterocycles. The maximum atomic E-state index is 12.6. The molecule has 1 atom stereocenters. The van der Waals surface area contributed by atoms with Crippen LogP contribution in [0.5, 0.6) is 5.75 Å². The molecule has 0 bridgehead atoms. The second-order valence-electron chi connectivity index (χ2n) is 6.41. The highest BCUT2D eigenvalue weighted by atomic mass is 35.5.